The summed E-state index contributed by atoms with van der Waals surface area (Å²) in [7, 11) is 0. The average molecular weight is 225 g/mol. The molecule has 16 heavy (non-hydrogen) atoms. The molecule has 2 saturated heterocycles. The van der Waals surface area contributed by atoms with Crippen LogP contribution in [0.2, 0.25) is 0 Å². The minimum absolute atomic E-state index is 0.00858. The second-order valence-electron chi connectivity index (χ2n) is 4.69. The van der Waals surface area contributed by atoms with E-state index in [4.69, 9.17) is 5.73 Å². The topological polar surface area (TPSA) is 75.4 Å². The summed E-state index contributed by atoms with van der Waals surface area (Å²) in [6.45, 7) is 2.20. The van der Waals surface area contributed by atoms with Crippen LogP contribution in [0.3, 0.4) is 0 Å². The molecule has 0 spiro atoms. The number of nitrogens with two attached hydrogens (primary N) is 1. The Labute approximate surface area is 95.3 Å². The summed E-state index contributed by atoms with van der Waals surface area (Å²) in [5.41, 5.74) is 5.63. The molecule has 2 aliphatic rings. The maximum absolute atomic E-state index is 12.1. The molecule has 0 bridgehead atoms. The van der Waals surface area contributed by atoms with E-state index < -0.39 is 0 Å². The molecule has 0 aromatic carbocycles. The predicted molar refractivity (Wildman–Crippen MR) is 59.5 cm³/mol. The molecule has 0 aromatic rings. The second kappa shape index (κ2) is 4.82. The zero-order chi connectivity index (χ0) is 11.5. The minimum Gasteiger partial charge on any atom is -0.344 e. The van der Waals surface area contributed by atoms with E-state index in [9.17, 15) is 9.59 Å². The molecule has 2 heterocycles. The fourth-order valence-corrected chi connectivity index (χ4v) is 2.48. The molecular formula is C11H19N3O2. The van der Waals surface area contributed by atoms with Crippen LogP contribution in [0.5, 0.6) is 0 Å². The van der Waals surface area contributed by atoms with Gasteiger partial charge in [0.1, 0.15) is 6.04 Å². The average Bonchev–Trinajstić information content (AvgIpc) is 2.75. The number of carbonyl (C=O) groups is 2. The van der Waals surface area contributed by atoms with E-state index in [1.807, 2.05) is 4.90 Å². The van der Waals surface area contributed by atoms with Crippen molar-refractivity contribution in [1.82, 2.24) is 10.2 Å². The normalized spacial score (nSPS) is 30.3. The Kier molecular flexibility index (Phi) is 3.43. The van der Waals surface area contributed by atoms with Crippen LogP contribution < -0.4 is 11.1 Å². The fraction of sp³-hybridized carbons (Fsp3) is 0.818. The van der Waals surface area contributed by atoms with Crippen molar-refractivity contribution in [3.8, 4) is 0 Å². The smallest absolute Gasteiger partial charge is 0.245 e. The summed E-state index contributed by atoms with van der Waals surface area (Å²) in [5, 5.41) is 2.72. The lowest BCUT2D eigenvalue weighted by Gasteiger charge is -2.33. The van der Waals surface area contributed by atoms with Gasteiger partial charge in [-0.05, 0) is 31.7 Å². The third-order valence-electron chi connectivity index (χ3n) is 3.46. The molecule has 2 amide bonds. The Morgan fingerprint density at radius 3 is 2.94 bits per heavy atom. The van der Waals surface area contributed by atoms with Crippen molar-refractivity contribution in [1.29, 1.82) is 0 Å². The van der Waals surface area contributed by atoms with Gasteiger partial charge in [0.15, 0.2) is 0 Å². The number of hydrogen-bond donors (Lipinski definition) is 2. The molecular weight excluding hydrogens is 206 g/mol. The van der Waals surface area contributed by atoms with Gasteiger partial charge < -0.3 is 16.0 Å². The Morgan fingerprint density at radius 1 is 1.50 bits per heavy atom. The van der Waals surface area contributed by atoms with Crippen molar-refractivity contribution in [3.63, 3.8) is 0 Å². The first kappa shape index (κ1) is 11.4. The number of rotatable bonds is 2. The lowest BCUT2D eigenvalue weighted by molar-refractivity contribution is -0.136. The van der Waals surface area contributed by atoms with Crippen LogP contribution in [-0.4, -0.2) is 42.4 Å². The molecule has 0 aromatic heterocycles. The minimum atomic E-state index is -0.288. The number of hydrogen-bond acceptors (Lipinski definition) is 3. The van der Waals surface area contributed by atoms with E-state index in [-0.39, 0.29) is 17.9 Å². The maximum Gasteiger partial charge on any atom is 0.245 e. The van der Waals surface area contributed by atoms with Crippen LogP contribution in [0, 0.1) is 5.92 Å². The first-order chi connectivity index (χ1) is 7.70. The number of likely N-dealkylation sites (tertiary alicyclic amines) is 1. The third-order valence-corrected chi connectivity index (χ3v) is 3.46. The molecule has 0 aliphatic carbocycles. The van der Waals surface area contributed by atoms with Gasteiger partial charge >= 0.3 is 0 Å². The van der Waals surface area contributed by atoms with Crippen molar-refractivity contribution in [2.75, 3.05) is 19.6 Å². The lowest BCUT2D eigenvalue weighted by Crippen LogP contribution is -2.49. The van der Waals surface area contributed by atoms with Gasteiger partial charge in [0, 0.05) is 19.5 Å². The Hall–Kier alpha value is -1.10. The van der Waals surface area contributed by atoms with Gasteiger partial charge in [-0.2, -0.15) is 0 Å². The van der Waals surface area contributed by atoms with Gasteiger partial charge in [0.2, 0.25) is 11.8 Å². The van der Waals surface area contributed by atoms with Gasteiger partial charge in [0.25, 0.3) is 0 Å². The molecule has 3 N–H and O–H groups in total. The monoisotopic (exact) mass is 225 g/mol. The van der Waals surface area contributed by atoms with Crippen molar-refractivity contribution in [2.45, 2.75) is 31.7 Å². The molecule has 0 radical (unpaired) electrons. The highest BCUT2D eigenvalue weighted by atomic mass is 16.2. The van der Waals surface area contributed by atoms with Crippen LogP contribution >= 0.6 is 0 Å². The summed E-state index contributed by atoms with van der Waals surface area (Å²) in [4.78, 5) is 25.0. The number of nitrogens with zero attached hydrogens (tertiary/aromatic N) is 1. The van der Waals surface area contributed by atoms with E-state index in [1.165, 1.54) is 0 Å². The Balaban J connectivity index is 1.91. The van der Waals surface area contributed by atoms with E-state index in [1.54, 1.807) is 0 Å². The third kappa shape index (κ3) is 2.35. The highest BCUT2D eigenvalue weighted by Gasteiger charge is 2.32. The van der Waals surface area contributed by atoms with Crippen LogP contribution in [0.1, 0.15) is 25.7 Å². The highest BCUT2D eigenvalue weighted by Crippen LogP contribution is 2.18. The van der Waals surface area contributed by atoms with E-state index in [2.05, 4.69) is 5.32 Å². The summed E-state index contributed by atoms with van der Waals surface area (Å²) < 4.78 is 0. The first-order valence-corrected chi connectivity index (χ1v) is 5.99. The molecule has 5 heteroatoms. The molecule has 1 unspecified atom stereocenters. The summed E-state index contributed by atoms with van der Waals surface area (Å²) in [6.07, 6.45) is 3.25. The van der Waals surface area contributed by atoms with E-state index >= 15 is 0 Å². The molecule has 2 aliphatic heterocycles. The Morgan fingerprint density at radius 2 is 2.31 bits per heavy atom. The predicted octanol–water partition coefficient (Wildman–Crippen LogP) is -0.538. The SMILES string of the molecule is NCC1CCCN(C(=O)[C@H]2CCC(=O)N2)C1. The van der Waals surface area contributed by atoms with Gasteiger partial charge in [-0.3, -0.25) is 9.59 Å². The number of nitrogens with one attached hydrogen (secondary N) is 1. The highest BCUT2D eigenvalue weighted by molar-refractivity contribution is 5.90. The zero-order valence-corrected chi connectivity index (χ0v) is 9.45. The number of piperidine rings is 1. The molecule has 90 valence electrons. The van der Waals surface area contributed by atoms with Crippen molar-refractivity contribution < 1.29 is 9.59 Å². The Bertz CT molecular complexity index is 293. The molecule has 0 saturated carbocycles. The van der Waals surface area contributed by atoms with Crippen LogP contribution in [-0.2, 0) is 9.59 Å². The van der Waals surface area contributed by atoms with Crippen LogP contribution in [0.25, 0.3) is 0 Å². The van der Waals surface area contributed by atoms with E-state index in [0.29, 0.717) is 25.3 Å². The van der Waals surface area contributed by atoms with E-state index in [0.717, 1.165) is 25.9 Å². The second-order valence-corrected chi connectivity index (χ2v) is 4.69. The number of amides is 2. The molecule has 2 atom stereocenters. The number of carbonyl (C=O) groups excluding carboxylic acids is 2. The molecule has 2 fully saturated rings. The lowest BCUT2D eigenvalue weighted by atomic mass is 9.97. The fourth-order valence-electron chi connectivity index (χ4n) is 2.48. The van der Waals surface area contributed by atoms with Gasteiger partial charge in [-0.25, -0.2) is 0 Å². The zero-order valence-electron chi connectivity index (χ0n) is 9.45. The largest absolute Gasteiger partial charge is 0.344 e. The van der Waals surface area contributed by atoms with Gasteiger partial charge in [-0.15, -0.1) is 0 Å². The quantitative estimate of drug-likeness (QED) is 0.663. The maximum atomic E-state index is 12.1. The van der Waals surface area contributed by atoms with Crippen molar-refractivity contribution in [3.05, 3.63) is 0 Å². The molecule has 5 nitrogen and oxygen atoms in total. The first-order valence-electron chi connectivity index (χ1n) is 5.99. The van der Waals surface area contributed by atoms with Crippen molar-refractivity contribution in [2.24, 2.45) is 11.7 Å². The van der Waals surface area contributed by atoms with Crippen molar-refractivity contribution >= 4 is 11.8 Å². The summed E-state index contributed by atoms with van der Waals surface area (Å²) in [6, 6.07) is -0.288. The van der Waals surface area contributed by atoms with Crippen LogP contribution in [0.15, 0.2) is 0 Å². The standard InChI is InChI=1S/C11H19N3O2/c12-6-8-2-1-5-14(7-8)11(16)9-3-4-10(15)13-9/h8-9H,1-7,12H2,(H,13,15)/t8?,9-/m1/s1. The molecule has 2 rings (SSSR count). The summed E-state index contributed by atoms with van der Waals surface area (Å²) in [5.74, 6) is 0.490. The van der Waals surface area contributed by atoms with Gasteiger partial charge in [-0.1, -0.05) is 0 Å². The van der Waals surface area contributed by atoms with Gasteiger partial charge in [0.05, 0.1) is 0 Å². The van der Waals surface area contributed by atoms with Crippen LogP contribution in [0.4, 0.5) is 0 Å². The summed E-state index contributed by atoms with van der Waals surface area (Å²) >= 11 is 0.